The van der Waals surface area contributed by atoms with Gasteiger partial charge in [0.2, 0.25) is 0 Å². The molecule has 8 heteroatoms. The summed E-state index contributed by atoms with van der Waals surface area (Å²) in [6, 6.07) is 0. The Morgan fingerprint density at radius 2 is 1.35 bits per heavy atom. The lowest BCUT2D eigenvalue weighted by Crippen LogP contribution is -2.55. The highest BCUT2D eigenvalue weighted by Crippen LogP contribution is 2.26. The number of halogens is 1. The van der Waals surface area contributed by atoms with Crippen molar-refractivity contribution in [2.45, 2.75) is 26.2 Å². The molecular weight excluding hydrogens is 340 g/mol. The first-order valence-corrected chi connectivity index (χ1v) is 17.0. The summed E-state index contributed by atoms with van der Waals surface area (Å²) in [6.45, 7) is 23.3. The molecule has 0 saturated heterocycles. The molecule has 0 saturated carbocycles. The van der Waals surface area contributed by atoms with Gasteiger partial charge < -0.3 is 12.3 Å². The SMILES string of the molecule is C=C[Si](Cl)(C=C)O[Si](C=C)(C=C)O[Si](C)(C)O[SiH](C)C. The van der Waals surface area contributed by atoms with Gasteiger partial charge in [-0.3, -0.25) is 0 Å². The average Bonchev–Trinajstić information content (AvgIpc) is 2.35. The van der Waals surface area contributed by atoms with E-state index in [1.54, 1.807) is 22.8 Å². The van der Waals surface area contributed by atoms with E-state index in [4.69, 9.17) is 23.4 Å². The predicted molar refractivity (Wildman–Crippen MR) is 97.8 cm³/mol. The van der Waals surface area contributed by atoms with Crippen LogP contribution in [0.15, 0.2) is 49.1 Å². The normalized spacial score (nSPS) is 13.1. The van der Waals surface area contributed by atoms with Crippen molar-refractivity contribution in [2.24, 2.45) is 0 Å². The molecule has 0 radical (unpaired) electrons. The first-order valence-electron chi connectivity index (χ1n) is 6.39. The van der Waals surface area contributed by atoms with Gasteiger partial charge in [-0.25, -0.2) is 0 Å². The zero-order valence-electron chi connectivity index (χ0n) is 12.8. The maximum absolute atomic E-state index is 6.41. The smallest absolute Gasteiger partial charge is 0.373 e. The molecule has 0 spiro atoms. The lowest BCUT2D eigenvalue weighted by atomic mass is 11.2. The average molecular weight is 365 g/mol. The molecule has 0 aliphatic carbocycles. The van der Waals surface area contributed by atoms with Crippen LogP contribution in [-0.4, -0.2) is 33.8 Å². The minimum absolute atomic E-state index is 1.20. The molecule has 114 valence electrons. The van der Waals surface area contributed by atoms with Gasteiger partial charge in [-0.15, -0.1) is 37.4 Å². The van der Waals surface area contributed by atoms with Crippen molar-refractivity contribution in [3.63, 3.8) is 0 Å². The summed E-state index contributed by atoms with van der Waals surface area (Å²) in [5.74, 6) is 0. The largest absolute Gasteiger partial charge is 0.440 e. The van der Waals surface area contributed by atoms with E-state index in [9.17, 15) is 0 Å². The second-order valence-corrected chi connectivity index (χ2v) is 18.7. The van der Waals surface area contributed by atoms with Gasteiger partial charge in [0.1, 0.15) is 0 Å². The van der Waals surface area contributed by atoms with Crippen LogP contribution in [0.25, 0.3) is 0 Å². The zero-order chi connectivity index (χ0) is 16.0. The molecule has 0 aliphatic heterocycles. The Labute approximate surface area is 132 Å². The van der Waals surface area contributed by atoms with E-state index in [1.807, 2.05) is 13.1 Å². The highest BCUT2D eigenvalue weighted by molar-refractivity contribution is 7.24. The first-order chi connectivity index (χ1) is 9.07. The number of hydrogen-bond acceptors (Lipinski definition) is 3. The van der Waals surface area contributed by atoms with Gasteiger partial charge in [0, 0.05) is 0 Å². The maximum atomic E-state index is 6.41. The van der Waals surface area contributed by atoms with Crippen molar-refractivity contribution in [1.29, 1.82) is 0 Å². The molecule has 0 bridgehead atoms. The van der Waals surface area contributed by atoms with E-state index < -0.39 is 33.8 Å². The molecule has 0 aromatic carbocycles. The Bertz CT molecular complexity index is 369. The van der Waals surface area contributed by atoms with Gasteiger partial charge >= 0.3 is 24.7 Å². The van der Waals surface area contributed by atoms with Crippen LogP contribution in [0.4, 0.5) is 0 Å². The Kier molecular flexibility index (Phi) is 7.85. The molecule has 0 fully saturated rings. The van der Waals surface area contributed by atoms with Crippen LogP contribution in [0.1, 0.15) is 0 Å². The molecule has 0 rings (SSSR count). The summed E-state index contributed by atoms with van der Waals surface area (Å²) in [5, 5.41) is 0. The van der Waals surface area contributed by atoms with Gasteiger partial charge in [-0.2, -0.15) is 0 Å². The number of hydrogen-bond donors (Lipinski definition) is 0. The van der Waals surface area contributed by atoms with Crippen molar-refractivity contribution >= 4 is 44.9 Å². The highest BCUT2D eigenvalue weighted by atomic mass is 35.6. The van der Waals surface area contributed by atoms with Crippen LogP contribution >= 0.6 is 11.1 Å². The highest BCUT2D eigenvalue weighted by Gasteiger charge is 2.45. The monoisotopic (exact) mass is 364 g/mol. The molecule has 0 atom stereocenters. The minimum Gasteiger partial charge on any atom is -0.440 e. The standard InChI is InChI=1S/C12H25ClO3Si4/c1-9-19(13,10-2)16-20(11-3,12-4)15-18(7,8)14-17(5)6/h9-12,17H,1-4H2,5-8H3. The van der Waals surface area contributed by atoms with E-state index in [0.29, 0.717) is 0 Å². The van der Waals surface area contributed by atoms with E-state index in [0.717, 1.165) is 0 Å². The van der Waals surface area contributed by atoms with Crippen LogP contribution < -0.4 is 0 Å². The summed E-state index contributed by atoms with van der Waals surface area (Å²) in [4.78, 5) is 0. The lowest BCUT2D eigenvalue weighted by molar-refractivity contribution is 0.350. The third kappa shape index (κ3) is 6.18. The van der Waals surface area contributed by atoms with Crippen molar-refractivity contribution in [1.82, 2.24) is 0 Å². The Hall–Kier alpha value is -0.00247. The van der Waals surface area contributed by atoms with Gasteiger partial charge in [0.05, 0.1) is 0 Å². The predicted octanol–water partition coefficient (Wildman–Crippen LogP) is 3.75. The second-order valence-electron chi connectivity index (χ2n) is 5.01. The Morgan fingerprint density at radius 1 is 0.900 bits per heavy atom. The van der Waals surface area contributed by atoms with E-state index in [-0.39, 0.29) is 0 Å². The third-order valence-corrected chi connectivity index (χ3v) is 16.2. The summed E-state index contributed by atoms with van der Waals surface area (Å²) in [6.07, 6.45) is 0. The van der Waals surface area contributed by atoms with Crippen molar-refractivity contribution < 1.29 is 12.3 Å². The molecule has 0 aliphatic rings. The zero-order valence-corrected chi connectivity index (χ0v) is 17.7. The molecular formula is C12H25ClO3Si4. The molecule has 0 heterocycles. The molecule has 0 N–H and O–H groups in total. The fourth-order valence-corrected chi connectivity index (χ4v) is 15.8. The van der Waals surface area contributed by atoms with Crippen LogP contribution in [0.5, 0.6) is 0 Å². The molecule has 0 amide bonds. The van der Waals surface area contributed by atoms with E-state index in [1.165, 1.54) is 0 Å². The molecule has 0 unspecified atom stereocenters. The van der Waals surface area contributed by atoms with Crippen molar-refractivity contribution in [3.05, 3.63) is 49.1 Å². The van der Waals surface area contributed by atoms with Crippen molar-refractivity contribution in [2.75, 3.05) is 0 Å². The summed E-state index contributed by atoms with van der Waals surface area (Å²) >= 11 is 6.41. The van der Waals surface area contributed by atoms with Crippen molar-refractivity contribution in [3.8, 4) is 0 Å². The van der Waals surface area contributed by atoms with Gasteiger partial charge in [-0.1, -0.05) is 11.4 Å². The summed E-state index contributed by atoms with van der Waals surface area (Å²) in [5.41, 5.74) is 6.56. The lowest BCUT2D eigenvalue weighted by Gasteiger charge is -2.37. The fraction of sp³-hybridized carbons (Fsp3) is 0.333. The molecule has 20 heavy (non-hydrogen) atoms. The Balaban J connectivity index is 5.31. The van der Waals surface area contributed by atoms with Crippen LogP contribution in [0.2, 0.25) is 26.2 Å². The molecule has 0 aromatic rings. The first kappa shape index (κ1) is 20.0. The number of rotatable bonds is 10. The minimum atomic E-state index is -2.85. The Morgan fingerprint density at radius 3 is 1.65 bits per heavy atom. The fourth-order valence-electron chi connectivity index (χ4n) is 1.66. The van der Waals surface area contributed by atoms with Gasteiger partial charge in [-0.05, 0) is 37.6 Å². The van der Waals surface area contributed by atoms with Crippen LogP contribution in [0, 0.1) is 0 Å². The quantitative estimate of drug-likeness (QED) is 0.436. The van der Waals surface area contributed by atoms with Crippen LogP contribution in [-0.2, 0) is 12.3 Å². The topological polar surface area (TPSA) is 27.7 Å². The van der Waals surface area contributed by atoms with Gasteiger partial charge in [0.25, 0.3) is 0 Å². The second kappa shape index (κ2) is 7.85. The summed E-state index contributed by atoms with van der Waals surface area (Å²) < 4.78 is 18.3. The summed E-state index contributed by atoms with van der Waals surface area (Å²) in [7, 11) is -9.11. The van der Waals surface area contributed by atoms with E-state index in [2.05, 4.69) is 39.4 Å². The molecule has 3 nitrogen and oxygen atoms in total. The third-order valence-electron chi connectivity index (χ3n) is 2.37. The van der Waals surface area contributed by atoms with E-state index >= 15 is 0 Å². The molecule has 0 aromatic heterocycles. The maximum Gasteiger partial charge on any atom is 0.373 e. The van der Waals surface area contributed by atoms with Gasteiger partial charge in [0.15, 0.2) is 9.04 Å². The van der Waals surface area contributed by atoms with Crippen LogP contribution in [0.3, 0.4) is 0 Å².